The predicted molar refractivity (Wildman–Crippen MR) is 93.0 cm³/mol. The summed E-state index contributed by atoms with van der Waals surface area (Å²) in [7, 11) is 1.60. The Morgan fingerprint density at radius 3 is 2.62 bits per heavy atom. The summed E-state index contributed by atoms with van der Waals surface area (Å²) in [4.78, 5) is 25.3. The second kappa shape index (κ2) is 6.05. The molecule has 1 fully saturated rings. The van der Waals surface area contributed by atoms with Crippen LogP contribution in [0.1, 0.15) is 17.7 Å². The fraction of sp³-hybridized carbons (Fsp3) is 0.500. The van der Waals surface area contributed by atoms with Gasteiger partial charge in [-0.2, -0.15) is 5.10 Å². The zero-order chi connectivity index (χ0) is 16.7. The number of piperazine rings is 1. The van der Waals surface area contributed by atoms with E-state index in [9.17, 15) is 4.79 Å². The van der Waals surface area contributed by atoms with Crippen molar-refractivity contribution in [1.29, 1.82) is 0 Å². The molecule has 7 nitrogen and oxygen atoms in total. The second-order valence-corrected chi connectivity index (χ2v) is 6.60. The molecule has 0 spiro atoms. The topological polar surface area (TPSA) is 67.2 Å². The molecular weight excluding hydrogens is 328 g/mol. The fourth-order valence-corrected chi connectivity index (χ4v) is 3.79. The molecule has 3 heterocycles. The van der Waals surface area contributed by atoms with Crippen LogP contribution in [0.25, 0.3) is 0 Å². The number of nitrogens with zero attached hydrogens (tertiary/aromatic N) is 6. The summed E-state index contributed by atoms with van der Waals surface area (Å²) >= 11 is 6.21. The number of hydrogen-bond acceptors (Lipinski definition) is 6. The van der Waals surface area contributed by atoms with Gasteiger partial charge in [-0.3, -0.25) is 4.79 Å². The van der Waals surface area contributed by atoms with Gasteiger partial charge >= 0.3 is 0 Å². The zero-order valence-corrected chi connectivity index (χ0v) is 14.3. The van der Waals surface area contributed by atoms with E-state index in [1.54, 1.807) is 19.6 Å². The van der Waals surface area contributed by atoms with Crippen molar-refractivity contribution < 1.29 is 0 Å². The van der Waals surface area contributed by atoms with E-state index in [0.717, 1.165) is 51.3 Å². The average Bonchev–Trinajstić information content (AvgIpc) is 3.09. The minimum atomic E-state index is -0.259. The van der Waals surface area contributed by atoms with Crippen molar-refractivity contribution in [2.24, 2.45) is 7.05 Å². The van der Waals surface area contributed by atoms with Crippen LogP contribution in [0.5, 0.6) is 0 Å². The van der Waals surface area contributed by atoms with Crippen LogP contribution in [0.3, 0.4) is 0 Å². The number of rotatable bonds is 2. The monoisotopic (exact) mass is 346 g/mol. The minimum Gasteiger partial charge on any atom is -0.365 e. The molecule has 0 unspecified atom stereocenters. The van der Waals surface area contributed by atoms with Crippen molar-refractivity contribution in [3.05, 3.63) is 39.2 Å². The van der Waals surface area contributed by atoms with E-state index in [-0.39, 0.29) is 10.6 Å². The summed E-state index contributed by atoms with van der Waals surface area (Å²) < 4.78 is 1.26. The van der Waals surface area contributed by atoms with Gasteiger partial charge in [0, 0.05) is 44.5 Å². The third-order valence-electron chi connectivity index (χ3n) is 4.83. The smallest absolute Gasteiger partial charge is 0.287 e. The molecule has 0 aromatic carbocycles. The molecule has 8 heteroatoms. The maximum Gasteiger partial charge on any atom is 0.287 e. The van der Waals surface area contributed by atoms with E-state index in [4.69, 9.17) is 11.6 Å². The zero-order valence-electron chi connectivity index (χ0n) is 13.6. The molecule has 0 radical (unpaired) electrons. The van der Waals surface area contributed by atoms with Crippen molar-refractivity contribution in [2.45, 2.75) is 19.3 Å². The maximum atomic E-state index is 12.0. The highest BCUT2D eigenvalue weighted by molar-refractivity contribution is 6.33. The van der Waals surface area contributed by atoms with Crippen LogP contribution in [0, 0.1) is 0 Å². The van der Waals surface area contributed by atoms with E-state index in [2.05, 4.69) is 24.9 Å². The third kappa shape index (κ3) is 2.53. The molecule has 0 bridgehead atoms. The lowest BCUT2D eigenvalue weighted by molar-refractivity contribution is 0.635. The molecule has 4 rings (SSSR count). The minimum absolute atomic E-state index is 0.240. The van der Waals surface area contributed by atoms with Gasteiger partial charge in [0.1, 0.15) is 17.2 Å². The number of aryl methyl sites for hydroxylation is 2. The van der Waals surface area contributed by atoms with E-state index in [0.29, 0.717) is 5.69 Å². The van der Waals surface area contributed by atoms with Gasteiger partial charge in [-0.15, -0.1) is 0 Å². The molecule has 0 saturated carbocycles. The standard InChI is InChI=1S/C16H19ClN6O/c1-21-16(24)14(17)13(9-20-21)22-5-7-23(8-6-22)15-11-3-2-4-12(11)18-10-19-15/h9-10H,2-8H2,1H3. The summed E-state index contributed by atoms with van der Waals surface area (Å²) in [6, 6.07) is 0. The van der Waals surface area contributed by atoms with Crippen LogP contribution in [0.2, 0.25) is 5.02 Å². The number of anilines is 2. The Morgan fingerprint density at radius 1 is 1.08 bits per heavy atom. The summed E-state index contributed by atoms with van der Waals surface area (Å²) in [6.07, 6.45) is 6.63. The number of halogens is 1. The van der Waals surface area contributed by atoms with Gasteiger partial charge in [-0.1, -0.05) is 11.6 Å². The van der Waals surface area contributed by atoms with Gasteiger partial charge in [-0.05, 0) is 19.3 Å². The Morgan fingerprint density at radius 2 is 1.83 bits per heavy atom. The average molecular weight is 347 g/mol. The molecule has 1 aliphatic heterocycles. The summed E-state index contributed by atoms with van der Waals surface area (Å²) in [6.45, 7) is 3.25. The van der Waals surface area contributed by atoms with Crippen LogP contribution in [-0.4, -0.2) is 45.9 Å². The first kappa shape index (κ1) is 15.4. The lowest BCUT2D eigenvalue weighted by Crippen LogP contribution is -2.47. The largest absolute Gasteiger partial charge is 0.365 e. The SMILES string of the molecule is Cn1ncc(N2CCN(c3ncnc4c3CCC4)CC2)c(Cl)c1=O. The highest BCUT2D eigenvalue weighted by atomic mass is 35.5. The quantitative estimate of drug-likeness (QED) is 0.809. The molecule has 1 saturated heterocycles. The van der Waals surface area contributed by atoms with Crippen LogP contribution in [0.15, 0.2) is 17.3 Å². The second-order valence-electron chi connectivity index (χ2n) is 6.22. The normalized spacial score (nSPS) is 17.2. The summed E-state index contributed by atoms with van der Waals surface area (Å²) in [5.41, 5.74) is 2.96. The maximum absolute atomic E-state index is 12.0. The summed E-state index contributed by atoms with van der Waals surface area (Å²) in [5.74, 6) is 1.07. The highest BCUT2D eigenvalue weighted by Gasteiger charge is 2.25. The Hall–Kier alpha value is -2.15. The van der Waals surface area contributed by atoms with Gasteiger partial charge in [0.25, 0.3) is 5.56 Å². The Balaban J connectivity index is 1.53. The van der Waals surface area contributed by atoms with Crippen molar-refractivity contribution >= 4 is 23.1 Å². The summed E-state index contributed by atoms with van der Waals surface area (Å²) in [5, 5.41) is 4.32. The molecule has 1 aliphatic carbocycles. The molecular formula is C16H19ClN6O. The lowest BCUT2D eigenvalue weighted by Gasteiger charge is -2.37. The fourth-order valence-electron chi connectivity index (χ4n) is 3.50. The van der Waals surface area contributed by atoms with E-state index < -0.39 is 0 Å². The van der Waals surface area contributed by atoms with Crippen molar-refractivity contribution in [3.63, 3.8) is 0 Å². The molecule has 2 aliphatic rings. The molecule has 0 N–H and O–H groups in total. The molecule has 0 atom stereocenters. The van der Waals surface area contributed by atoms with Gasteiger partial charge in [-0.25, -0.2) is 14.6 Å². The first-order valence-electron chi connectivity index (χ1n) is 8.19. The first-order chi connectivity index (χ1) is 11.6. The van der Waals surface area contributed by atoms with E-state index in [1.807, 2.05) is 0 Å². The molecule has 0 amide bonds. The van der Waals surface area contributed by atoms with Crippen LogP contribution >= 0.6 is 11.6 Å². The van der Waals surface area contributed by atoms with Crippen molar-refractivity contribution in [1.82, 2.24) is 19.7 Å². The Kier molecular flexibility index (Phi) is 3.88. The lowest BCUT2D eigenvalue weighted by atomic mass is 10.2. The van der Waals surface area contributed by atoms with E-state index in [1.165, 1.54) is 15.9 Å². The molecule has 24 heavy (non-hydrogen) atoms. The van der Waals surface area contributed by atoms with Crippen LogP contribution < -0.4 is 15.4 Å². The van der Waals surface area contributed by atoms with E-state index >= 15 is 0 Å². The predicted octanol–water partition coefficient (Wildman–Crippen LogP) is 1.04. The Bertz CT molecular complexity index is 828. The first-order valence-corrected chi connectivity index (χ1v) is 8.57. The number of fused-ring (bicyclic) bond motifs is 1. The van der Waals surface area contributed by atoms with Crippen molar-refractivity contribution in [3.8, 4) is 0 Å². The van der Waals surface area contributed by atoms with Crippen LogP contribution in [0.4, 0.5) is 11.5 Å². The molecule has 2 aromatic rings. The third-order valence-corrected chi connectivity index (χ3v) is 5.19. The number of aromatic nitrogens is 4. The van der Waals surface area contributed by atoms with Crippen LogP contribution in [-0.2, 0) is 19.9 Å². The van der Waals surface area contributed by atoms with Gasteiger partial charge in [0.2, 0.25) is 0 Å². The van der Waals surface area contributed by atoms with Gasteiger partial charge < -0.3 is 9.80 Å². The molecule has 126 valence electrons. The highest BCUT2D eigenvalue weighted by Crippen LogP contribution is 2.29. The number of hydrogen-bond donors (Lipinski definition) is 0. The van der Waals surface area contributed by atoms with Gasteiger partial charge in [0.15, 0.2) is 0 Å². The van der Waals surface area contributed by atoms with Crippen molar-refractivity contribution in [2.75, 3.05) is 36.0 Å². The van der Waals surface area contributed by atoms with Gasteiger partial charge in [0.05, 0.1) is 11.9 Å². The Labute approximate surface area is 144 Å². The molecule has 2 aromatic heterocycles.